The largest absolute Gasteiger partial charge is 0.484 e. The van der Waals surface area contributed by atoms with Gasteiger partial charge in [0.2, 0.25) is 0 Å². The van der Waals surface area contributed by atoms with E-state index in [1.165, 1.54) is 0 Å². The quantitative estimate of drug-likeness (QED) is 0.882. The zero-order chi connectivity index (χ0) is 13.7. The average molecular weight is 281 g/mol. The molecule has 0 atom stereocenters. The zero-order valence-corrected chi connectivity index (χ0v) is 11.8. The Morgan fingerprint density at radius 2 is 2.21 bits per heavy atom. The number of nitrogens with zero attached hydrogens (tertiary/aromatic N) is 1. The van der Waals surface area contributed by atoms with Gasteiger partial charge in [0.05, 0.1) is 10.7 Å². The van der Waals surface area contributed by atoms with E-state index < -0.39 is 0 Å². The van der Waals surface area contributed by atoms with E-state index in [2.05, 4.69) is 10.5 Å². The van der Waals surface area contributed by atoms with Crippen LogP contribution in [0.4, 0.5) is 0 Å². The van der Waals surface area contributed by atoms with Gasteiger partial charge in [-0.2, -0.15) is 0 Å². The van der Waals surface area contributed by atoms with E-state index in [1.54, 1.807) is 0 Å². The molecule has 0 amide bonds. The van der Waals surface area contributed by atoms with Crippen LogP contribution in [0.3, 0.4) is 0 Å². The van der Waals surface area contributed by atoms with Crippen molar-refractivity contribution in [3.05, 3.63) is 46.3 Å². The van der Waals surface area contributed by atoms with Crippen LogP contribution >= 0.6 is 11.6 Å². The van der Waals surface area contributed by atoms with Gasteiger partial charge >= 0.3 is 0 Å². The highest BCUT2D eigenvalue weighted by Gasteiger charge is 2.07. The number of rotatable bonds is 6. The molecule has 0 bridgehead atoms. The second-order valence-electron chi connectivity index (χ2n) is 4.29. The molecule has 1 N–H and O–H groups in total. The van der Waals surface area contributed by atoms with E-state index in [0.29, 0.717) is 29.7 Å². The summed E-state index contributed by atoms with van der Waals surface area (Å²) in [6, 6.07) is 7.55. The topological polar surface area (TPSA) is 47.3 Å². The summed E-state index contributed by atoms with van der Waals surface area (Å²) in [5, 5.41) is 7.73. The van der Waals surface area contributed by atoms with Crippen molar-refractivity contribution in [3.63, 3.8) is 0 Å². The Labute approximate surface area is 117 Å². The van der Waals surface area contributed by atoms with E-state index in [4.69, 9.17) is 20.9 Å². The van der Waals surface area contributed by atoms with Gasteiger partial charge in [-0.1, -0.05) is 29.7 Å². The van der Waals surface area contributed by atoms with E-state index in [1.807, 2.05) is 38.1 Å². The van der Waals surface area contributed by atoms with Crippen molar-refractivity contribution in [2.45, 2.75) is 27.0 Å². The highest BCUT2D eigenvalue weighted by molar-refractivity contribution is 6.32. The molecule has 19 heavy (non-hydrogen) atoms. The molecule has 4 nitrogen and oxygen atoms in total. The highest BCUT2D eigenvalue weighted by atomic mass is 35.5. The Bertz CT molecular complexity index is 540. The van der Waals surface area contributed by atoms with Crippen LogP contribution in [-0.2, 0) is 13.2 Å². The van der Waals surface area contributed by atoms with Crippen LogP contribution in [-0.4, -0.2) is 11.7 Å². The number of hydrogen-bond acceptors (Lipinski definition) is 4. The van der Waals surface area contributed by atoms with Gasteiger partial charge in [0.1, 0.15) is 12.4 Å². The number of aryl methyl sites for hydroxylation is 1. The van der Waals surface area contributed by atoms with Crippen LogP contribution in [0.2, 0.25) is 5.02 Å². The minimum absolute atomic E-state index is 0.322. The predicted octanol–water partition coefficient (Wildman–Crippen LogP) is 3.32. The maximum Gasteiger partial charge on any atom is 0.174 e. The van der Waals surface area contributed by atoms with Gasteiger partial charge in [-0.15, -0.1) is 0 Å². The predicted molar refractivity (Wildman–Crippen MR) is 74.4 cm³/mol. The highest BCUT2D eigenvalue weighted by Crippen LogP contribution is 2.26. The number of benzene rings is 1. The zero-order valence-electron chi connectivity index (χ0n) is 11.1. The fourth-order valence-corrected chi connectivity index (χ4v) is 1.80. The molecule has 1 aromatic carbocycles. The summed E-state index contributed by atoms with van der Waals surface area (Å²) in [6.07, 6.45) is 0. The van der Waals surface area contributed by atoms with Crippen molar-refractivity contribution in [1.29, 1.82) is 0 Å². The third-order valence-electron chi connectivity index (χ3n) is 2.62. The summed E-state index contributed by atoms with van der Waals surface area (Å²) in [5.41, 5.74) is 1.97. The lowest BCUT2D eigenvalue weighted by Crippen LogP contribution is -2.11. The minimum atomic E-state index is 0.322. The molecule has 0 fully saturated rings. The number of ether oxygens (including phenoxy) is 1. The Hall–Kier alpha value is -1.52. The fraction of sp³-hybridized carbons (Fsp3) is 0.357. The van der Waals surface area contributed by atoms with Crippen molar-refractivity contribution in [2.75, 3.05) is 6.54 Å². The molecule has 0 aliphatic rings. The van der Waals surface area contributed by atoms with E-state index >= 15 is 0 Å². The van der Waals surface area contributed by atoms with Crippen molar-refractivity contribution in [3.8, 4) is 5.75 Å². The van der Waals surface area contributed by atoms with Crippen molar-refractivity contribution >= 4 is 11.6 Å². The molecule has 0 aliphatic heterocycles. The van der Waals surface area contributed by atoms with Gasteiger partial charge in [0.15, 0.2) is 5.76 Å². The molecule has 0 radical (unpaired) electrons. The lowest BCUT2D eigenvalue weighted by atomic mass is 10.2. The minimum Gasteiger partial charge on any atom is -0.484 e. The molecule has 0 unspecified atom stereocenters. The molecule has 0 aliphatic carbocycles. The summed E-state index contributed by atoms with van der Waals surface area (Å²) >= 11 is 6.05. The second-order valence-corrected chi connectivity index (χ2v) is 4.69. The second kappa shape index (κ2) is 6.59. The number of aromatic nitrogens is 1. The lowest BCUT2D eigenvalue weighted by molar-refractivity contribution is 0.248. The summed E-state index contributed by atoms with van der Waals surface area (Å²) in [5.74, 6) is 1.34. The van der Waals surface area contributed by atoms with Crippen LogP contribution in [0.5, 0.6) is 5.75 Å². The van der Waals surface area contributed by atoms with Gasteiger partial charge in [0, 0.05) is 12.6 Å². The summed E-state index contributed by atoms with van der Waals surface area (Å²) < 4.78 is 10.8. The van der Waals surface area contributed by atoms with Gasteiger partial charge in [-0.05, 0) is 31.2 Å². The monoisotopic (exact) mass is 280 g/mol. The molecule has 0 saturated carbocycles. The molecular formula is C14H17ClN2O2. The molecule has 0 saturated heterocycles. The van der Waals surface area contributed by atoms with Gasteiger partial charge < -0.3 is 14.6 Å². The Morgan fingerprint density at radius 1 is 1.37 bits per heavy atom. The van der Waals surface area contributed by atoms with Gasteiger partial charge in [0.25, 0.3) is 0 Å². The number of halogens is 1. The van der Waals surface area contributed by atoms with E-state index in [9.17, 15) is 0 Å². The van der Waals surface area contributed by atoms with Crippen LogP contribution in [0, 0.1) is 6.92 Å². The molecule has 1 aromatic heterocycles. The van der Waals surface area contributed by atoms with E-state index in [-0.39, 0.29) is 0 Å². The first-order valence-corrected chi connectivity index (χ1v) is 6.61. The SMILES string of the molecule is CCNCc1cc(COc2cc(C)ccc2Cl)on1. The first-order chi connectivity index (χ1) is 9.19. The summed E-state index contributed by atoms with van der Waals surface area (Å²) in [7, 11) is 0. The first kappa shape index (κ1) is 13.9. The fourth-order valence-electron chi connectivity index (χ4n) is 1.63. The van der Waals surface area contributed by atoms with Crippen LogP contribution in [0.25, 0.3) is 0 Å². The molecule has 0 spiro atoms. The Balaban J connectivity index is 1.94. The molecule has 1 heterocycles. The van der Waals surface area contributed by atoms with E-state index in [0.717, 1.165) is 17.8 Å². The van der Waals surface area contributed by atoms with Crippen molar-refractivity contribution < 1.29 is 9.26 Å². The summed E-state index contributed by atoms with van der Waals surface area (Å²) in [4.78, 5) is 0. The molecule has 102 valence electrons. The smallest absolute Gasteiger partial charge is 0.174 e. The number of hydrogen-bond donors (Lipinski definition) is 1. The normalized spacial score (nSPS) is 10.7. The van der Waals surface area contributed by atoms with Crippen molar-refractivity contribution in [1.82, 2.24) is 10.5 Å². The lowest BCUT2D eigenvalue weighted by Gasteiger charge is -2.06. The molecule has 5 heteroatoms. The van der Waals surface area contributed by atoms with Crippen LogP contribution in [0.15, 0.2) is 28.8 Å². The molecule has 2 aromatic rings. The first-order valence-electron chi connectivity index (χ1n) is 6.23. The third-order valence-corrected chi connectivity index (χ3v) is 2.93. The van der Waals surface area contributed by atoms with Crippen LogP contribution < -0.4 is 10.1 Å². The van der Waals surface area contributed by atoms with Gasteiger partial charge in [-0.25, -0.2) is 0 Å². The summed E-state index contributed by atoms with van der Waals surface area (Å²) in [6.45, 7) is 5.96. The Kier molecular flexibility index (Phi) is 4.82. The standard InChI is InChI=1S/C14H17ClN2O2/c1-3-16-8-11-7-12(19-17-11)9-18-14-6-10(2)4-5-13(14)15/h4-7,16H,3,8-9H2,1-2H3. The van der Waals surface area contributed by atoms with Crippen molar-refractivity contribution in [2.24, 2.45) is 0 Å². The maximum atomic E-state index is 6.05. The Morgan fingerprint density at radius 3 is 3.00 bits per heavy atom. The number of nitrogens with one attached hydrogen (secondary N) is 1. The van der Waals surface area contributed by atoms with Gasteiger partial charge in [-0.3, -0.25) is 0 Å². The molecular weight excluding hydrogens is 264 g/mol. The maximum absolute atomic E-state index is 6.05. The third kappa shape index (κ3) is 3.98. The van der Waals surface area contributed by atoms with Crippen LogP contribution in [0.1, 0.15) is 23.9 Å². The average Bonchev–Trinajstić information content (AvgIpc) is 2.85. The molecule has 2 rings (SSSR count).